The van der Waals surface area contributed by atoms with E-state index in [-0.39, 0.29) is 17.2 Å². The highest BCUT2D eigenvalue weighted by atomic mass is 32.1. The van der Waals surface area contributed by atoms with Gasteiger partial charge in [-0.15, -0.1) is 22.7 Å². The smallest absolute Gasteiger partial charge is 0.261 e. The van der Waals surface area contributed by atoms with Crippen LogP contribution in [-0.2, 0) is 15.0 Å². The van der Waals surface area contributed by atoms with Crippen LogP contribution in [0.2, 0.25) is 0 Å². The summed E-state index contributed by atoms with van der Waals surface area (Å²) in [5.41, 5.74) is 10.2. The molecular weight excluding hydrogens is 977 g/mol. The van der Waals surface area contributed by atoms with Gasteiger partial charge >= 0.3 is 0 Å². The largest absolute Gasteiger partial charge is 0.306 e. The Kier molecular flexibility index (Phi) is 25.7. The summed E-state index contributed by atoms with van der Waals surface area (Å²) in [6.45, 7) is 15.2. The predicted octanol–water partition coefficient (Wildman–Crippen LogP) is 22.2. The van der Waals surface area contributed by atoms with Crippen LogP contribution in [0, 0.1) is 11.8 Å². The SMILES string of the molecule is CCCCCCCCC(CCCCCC)CN1C(=O)C2=C(c3ccc(-c4ccc5c(c4)C(CCCCCC)(CCCCCC)c4ccccc4-5)s3)N(CC(CCCCCC)CCCCCCCC)C(=O)C2=C1c1cccs1. The number of fused-ring (bicyclic) bond motifs is 4. The van der Waals surface area contributed by atoms with Crippen molar-refractivity contribution in [2.24, 2.45) is 11.8 Å². The molecule has 7 rings (SSSR count). The first kappa shape index (κ1) is 60.9. The minimum atomic E-state index is 0.00541. The summed E-state index contributed by atoms with van der Waals surface area (Å²) in [6, 6.07) is 25.6. The van der Waals surface area contributed by atoms with E-state index in [9.17, 15) is 0 Å². The molecule has 0 N–H and O–H groups in total. The van der Waals surface area contributed by atoms with Crippen molar-refractivity contribution in [3.05, 3.63) is 104 Å². The second-order valence-corrected chi connectivity index (χ2v) is 26.0. The van der Waals surface area contributed by atoms with E-state index >= 15 is 9.59 Å². The molecule has 0 spiro atoms. The van der Waals surface area contributed by atoms with Gasteiger partial charge in [-0.1, -0.05) is 264 Å². The summed E-state index contributed by atoms with van der Waals surface area (Å²) in [5.74, 6) is 0.889. The van der Waals surface area contributed by atoms with Crippen molar-refractivity contribution in [3.8, 4) is 21.6 Å². The van der Waals surface area contributed by atoms with Crippen LogP contribution < -0.4 is 0 Å². The molecule has 0 fully saturated rings. The molecule has 0 saturated heterocycles. The topological polar surface area (TPSA) is 40.6 Å². The third-order valence-electron chi connectivity index (χ3n) is 18.0. The molecule has 2 unspecified atom stereocenters. The standard InChI is InChI=1S/C71H104N2O2S2/c1-7-13-19-25-27-31-40-55(38-29-21-15-9-3)53-72-67(63-44-37-51-76-63)65-66(70(72)75)68(73(69(65)74)54-56(39-30-22-16-10-4)41-32-28-26-20-14-8-2)64-48-47-62(77-64)57-45-46-59-58-42-33-34-43-60(58)71(61(59)52-57,49-35-23-17-11-5)50-36-24-18-12-6/h33-34,37,42-48,51-52,55-56H,7-32,35-36,38-41,49-50,53-54H2,1-6H3. The van der Waals surface area contributed by atoms with Gasteiger partial charge in [0, 0.05) is 23.4 Å². The molecule has 2 atom stereocenters. The summed E-state index contributed by atoms with van der Waals surface area (Å²) in [7, 11) is 0. The van der Waals surface area contributed by atoms with Gasteiger partial charge in [0.25, 0.3) is 11.8 Å². The van der Waals surface area contributed by atoms with Crippen LogP contribution in [0.15, 0.2) is 83.3 Å². The third-order valence-corrected chi connectivity index (χ3v) is 20.0. The zero-order valence-corrected chi connectivity index (χ0v) is 51.2. The predicted molar refractivity (Wildman–Crippen MR) is 336 cm³/mol. The van der Waals surface area contributed by atoms with Gasteiger partial charge in [0.1, 0.15) is 0 Å². The van der Waals surface area contributed by atoms with Crippen molar-refractivity contribution in [1.29, 1.82) is 0 Å². The molecule has 0 saturated carbocycles. The molecule has 422 valence electrons. The molecule has 2 aromatic carbocycles. The van der Waals surface area contributed by atoms with Crippen LogP contribution in [0.4, 0.5) is 0 Å². The van der Waals surface area contributed by atoms with Gasteiger partial charge in [-0.3, -0.25) is 9.59 Å². The molecule has 2 aliphatic heterocycles. The molecule has 3 aliphatic rings. The number of rotatable bonds is 41. The van der Waals surface area contributed by atoms with E-state index in [1.54, 1.807) is 22.7 Å². The Labute approximate surface area is 478 Å². The van der Waals surface area contributed by atoms with Crippen molar-refractivity contribution in [2.45, 2.75) is 265 Å². The number of carbonyl (C=O) groups excluding carboxylic acids is 2. The molecule has 77 heavy (non-hydrogen) atoms. The fraction of sp³-hybridized carbons (Fsp3) is 0.634. The summed E-state index contributed by atoms with van der Waals surface area (Å²) < 4.78 is 0. The van der Waals surface area contributed by atoms with Crippen molar-refractivity contribution in [2.75, 3.05) is 13.1 Å². The summed E-state index contributed by atoms with van der Waals surface area (Å²) in [6.07, 6.45) is 42.2. The van der Waals surface area contributed by atoms with E-state index in [4.69, 9.17) is 0 Å². The maximum Gasteiger partial charge on any atom is 0.261 e. The van der Waals surface area contributed by atoms with Crippen molar-refractivity contribution < 1.29 is 9.59 Å². The minimum Gasteiger partial charge on any atom is -0.306 e. The molecule has 0 radical (unpaired) electrons. The number of thiophene rings is 2. The Bertz CT molecular complexity index is 2440. The minimum absolute atomic E-state index is 0.00541. The fourth-order valence-corrected chi connectivity index (χ4v) is 15.4. The average Bonchev–Trinajstić information content (AvgIpc) is 4.50. The van der Waals surface area contributed by atoms with Crippen molar-refractivity contribution >= 4 is 45.9 Å². The van der Waals surface area contributed by atoms with Gasteiger partial charge in [-0.25, -0.2) is 0 Å². The lowest BCUT2D eigenvalue weighted by atomic mass is 9.70. The second-order valence-electron chi connectivity index (χ2n) is 24.0. The van der Waals surface area contributed by atoms with Crippen LogP contribution in [0.5, 0.6) is 0 Å². The normalized spacial score (nSPS) is 15.6. The van der Waals surface area contributed by atoms with E-state index in [0.29, 0.717) is 36.1 Å². The van der Waals surface area contributed by atoms with Crippen LogP contribution in [-0.4, -0.2) is 34.7 Å². The van der Waals surface area contributed by atoms with E-state index < -0.39 is 0 Å². The average molecular weight is 1080 g/mol. The highest BCUT2D eigenvalue weighted by molar-refractivity contribution is 7.16. The van der Waals surface area contributed by atoms with Crippen LogP contribution in [0.3, 0.4) is 0 Å². The number of hydrogen-bond acceptors (Lipinski definition) is 4. The molecule has 2 aromatic heterocycles. The molecule has 0 bridgehead atoms. The lowest BCUT2D eigenvalue weighted by Gasteiger charge is -2.33. The molecule has 4 heterocycles. The van der Waals surface area contributed by atoms with Crippen molar-refractivity contribution in [3.63, 3.8) is 0 Å². The molecule has 1 aliphatic carbocycles. The van der Waals surface area contributed by atoms with E-state index in [0.717, 1.165) is 46.8 Å². The Hall–Kier alpha value is -3.74. The highest BCUT2D eigenvalue weighted by Gasteiger charge is 2.50. The number of amides is 2. The Morgan fingerprint density at radius 2 is 0.844 bits per heavy atom. The maximum atomic E-state index is 15.8. The van der Waals surface area contributed by atoms with Gasteiger partial charge in [-0.2, -0.15) is 0 Å². The Balaban J connectivity index is 1.30. The first-order valence-electron chi connectivity index (χ1n) is 32.4. The van der Waals surface area contributed by atoms with Crippen LogP contribution in [0.1, 0.15) is 281 Å². The lowest BCUT2D eigenvalue weighted by Crippen LogP contribution is -2.34. The first-order valence-corrected chi connectivity index (χ1v) is 34.1. The monoisotopic (exact) mass is 1080 g/mol. The third kappa shape index (κ3) is 15.8. The maximum absolute atomic E-state index is 15.8. The number of benzene rings is 2. The van der Waals surface area contributed by atoms with Crippen LogP contribution >= 0.6 is 22.7 Å². The second kappa shape index (κ2) is 32.5. The molecule has 4 nitrogen and oxygen atoms in total. The number of nitrogens with zero attached hydrogens (tertiary/aromatic N) is 2. The zero-order chi connectivity index (χ0) is 54.2. The van der Waals surface area contributed by atoms with Crippen molar-refractivity contribution in [1.82, 2.24) is 9.80 Å². The summed E-state index contributed by atoms with van der Waals surface area (Å²) in [4.78, 5) is 39.3. The highest BCUT2D eigenvalue weighted by Crippen LogP contribution is 2.56. The number of carbonyl (C=O) groups is 2. The summed E-state index contributed by atoms with van der Waals surface area (Å²) in [5, 5.41) is 2.13. The Morgan fingerprint density at radius 1 is 0.416 bits per heavy atom. The molecule has 6 heteroatoms. The first-order chi connectivity index (χ1) is 37.8. The molecule has 4 aromatic rings. The zero-order valence-electron chi connectivity index (χ0n) is 49.6. The quantitative estimate of drug-likeness (QED) is 0.0416. The van der Waals surface area contributed by atoms with E-state index in [1.807, 2.05) is 0 Å². The number of hydrogen-bond donors (Lipinski definition) is 0. The lowest BCUT2D eigenvalue weighted by molar-refractivity contribution is -0.124. The molecule has 2 amide bonds. The number of unbranched alkanes of at least 4 members (excludes halogenated alkanes) is 22. The Morgan fingerprint density at radius 3 is 1.34 bits per heavy atom. The van der Waals surface area contributed by atoms with E-state index in [1.165, 1.54) is 225 Å². The van der Waals surface area contributed by atoms with Gasteiger partial charge in [0.05, 0.1) is 32.3 Å². The fourth-order valence-electron chi connectivity index (χ4n) is 13.6. The van der Waals surface area contributed by atoms with Gasteiger partial charge in [0.15, 0.2) is 0 Å². The molecular formula is C71H104N2O2S2. The van der Waals surface area contributed by atoms with Gasteiger partial charge in [0.2, 0.25) is 0 Å². The summed E-state index contributed by atoms with van der Waals surface area (Å²) >= 11 is 3.49. The van der Waals surface area contributed by atoms with Crippen LogP contribution in [0.25, 0.3) is 33.0 Å². The van der Waals surface area contributed by atoms with Gasteiger partial charge in [-0.05, 0) is 108 Å². The van der Waals surface area contributed by atoms with E-state index in [2.05, 4.69) is 123 Å². The van der Waals surface area contributed by atoms with Gasteiger partial charge < -0.3 is 9.80 Å².